The topological polar surface area (TPSA) is 149 Å². The van der Waals surface area contributed by atoms with Crippen LogP contribution in [0.5, 0.6) is 0 Å². The van der Waals surface area contributed by atoms with Gasteiger partial charge in [-0.25, -0.2) is 9.97 Å². The Bertz CT molecular complexity index is 522. The number of nitrogens with one attached hydrogen (secondary N) is 2. The van der Waals surface area contributed by atoms with Gasteiger partial charge in [0.15, 0.2) is 18.0 Å². The van der Waals surface area contributed by atoms with E-state index in [9.17, 15) is 15.3 Å². The molecule has 9 nitrogen and oxygen atoms in total. The third kappa shape index (κ3) is 3.64. The van der Waals surface area contributed by atoms with Gasteiger partial charge in [-0.3, -0.25) is 4.99 Å². The molecule has 2 unspecified atom stereocenters. The number of anilines is 1. The molecular formula is C12H20N6O3. The van der Waals surface area contributed by atoms with Crippen molar-refractivity contribution in [2.24, 2.45) is 10.7 Å². The van der Waals surface area contributed by atoms with Crippen LogP contribution < -0.4 is 16.4 Å². The van der Waals surface area contributed by atoms with E-state index in [4.69, 9.17) is 5.73 Å². The van der Waals surface area contributed by atoms with Crippen LogP contribution in [0, 0.1) is 0 Å². The quantitative estimate of drug-likeness (QED) is 0.363. The fraction of sp³-hybridized carbons (Fsp3) is 0.583. The highest BCUT2D eigenvalue weighted by atomic mass is 16.3. The van der Waals surface area contributed by atoms with E-state index in [1.165, 1.54) is 13.1 Å². The van der Waals surface area contributed by atoms with E-state index in [1.807, 2.05) is 0 Å². The molecule has 0 amide bonds. The first-order chi connectivity index (χ1) is 10.0. The largest absolute Gasteiger partial charge is 0.390 e. The predicted molar refractivity (Wildman–Crippen MR) is 76.4 cm³/mol. The van der Waals surface area contributed by atoms with E-state index >= 15 is 0 Å². The van der Waals surface area contributed by atoms with Gasteiger partial charge in [-0.2, -0.15) is 0 Å². The van der Waals surface area contributed by atoms with Gasteiger partial charge in [0.05, 0.1) is 18.0 Å². The van der Waals surface area contributed by atoms with Crippen molar-refractivity contribution >= 4 is 11.8 Å². The molecule has 2 heterocycles. The number of aromatic nitrogens is 2. The van der Waals surface area contributed by atoms with Gasteiger partial charge in [-0.05, 0) is 19.9 Å². The summed E-state index contributed by atoms with van der Waals surface area (Å²) in [5.41, 5.74) is 5.82. The van der Waals surface area contributed by atoms with Crippen LogP contribution >= 0.6 is 0 Å². The summed E-state index contributed by atoms with van der Waals surface area (Å²) in [5, 5.41) is 34.8. The van der Waals surface area contributed by atoms with Crippen LogP contribution in [0.2, 0.25) is 0 Å². The summed E-state index contributed by atoms with van der Waals surface area (Å²) in [4.78, 5) is 12.4. The summed E-state index contributed by atoms with van der Waals surface area (Å²) in [6.45, 7) is 2.51. The van der Waals surface area contributed by atoms with Crippen molar-refractivity contribution in [2.75, 3.05) is 18.4 Å². The molecule has 1 aliphatic heterocycles. The molecule has 0 aliphatic carbocycles. The van der Waals surface area contributed by atoms with Crippen LogP contribution in [0.25, 0.3) is 0 Å². The Morgan fingerprint density at radius 2 is 2.24 bits per heavy atom. The molecular weight excluding hydrogens is 276 g/mol. The SMILES string of the molecule is C[C@H](O)C(O)c1cnc2c(n1)C(O)NC(=NCCCN)N2. The number of aliphatic hydroxyl groups is 3. The van der Waals surface area contributed by atoms with Gasteiger partial charge in [-0.1, -0.05) is 0 Å². The number of nitrogens with zero attached hydrogens (tertiary/aromatic N) is 3. The van der Waals surface area contributed by atoms with Crippen LogP contribution in [0.15, 0.2) is 11.2 Å². The lowest BCUT2D eigenvalue weighted by molar-refractivity contribution is 0.0270. The summed E-state index contributed by atoms with van der Waals surface area (Å²) >= 11 is 0. The molecule has 0 fully saturated rings. The standard InChI is InChI=1S/C12H20N6O3/c1-6(19)9(20)7-5-15-10-8(16-7)11(21)18-12(17-10)14-4-2-3-13/h5-6,9,11,19-21H,2-4,13H2,1H3,(H2,14,15,17,18)/t6-,9?,11?/m0/s1. The summed E-state index contributed by atoms with van der Waals surface area (Å²) in [7, 11) is 0. The number of nitrogens with two attached hydrogens (primary N) is 1. The van der Waals surface area contributed by atoms with Crippen LogP contribution in [0.3, 0.4) is 0 Å². The highest BCUT2D eigenvalue weighted by Crippen LogP contribution is 2.23. The Morgan fingerprint density at radius 3 is 2.90 bits per heavy atom. The fourth-order valence-corrected chi connectivity index (χ4v) is 1.81. The number of hydrogen-bond donors (Lipinski definition) is 6. The second kappa shape index (κ2) is 6.76. The van der Waals surface area contributed by atoms with Crippen molar-refractivity contribution in [3.05, 3.63) is 17.6 Å². The maximum atomic E-state index is 10.0. The lowest BCUT2D eigenvalue weighted by Crippen LogP contribution is -2.40. The van der Waals surface area contributed by atoms with Gasteiger partial charge in [-0.15, -0.1) is 0 Å². The average molecular weight is 296 g/mol. The molecule has 21 heavy (non-hydrogen) atoms. The molecule has 1 aromatic heterocycles. The first-order valence-corrected chi connectivity index (χ1v) is 6.72. The van der Waals surface area contributed by atoms with Gasteiger partial charge in [0, 0.05) is 6.54 Å². The van der Waals surface area contributed by atoms with E-state index in [0.717, 1.165) is 6.42 Å². The predicted octanol–water partition coefficient (Wildman–Crippen LogP) is -1.40. The molecule has 3 atom stereocenters. The molecule has 2 rings (SSSR count). The van der Waals surface area contributed by atoms with Gasteiger partial charge in [0.2, 0.25) is 0 Å². The number of guanidine groups is 1. The van der Waals surface area contributed by atoms with Gasteiger partial charge in [0.25, 0.3) is 0 Å². The minimum absolute atomic E-state index is 0.190. The zero-order chi connectivity index (χ0) is 15.4. The number of rotatable bonds is 5. The van der Waals surface area contributed by atoms with E-state index < -0.39 is 18.4 Å². The van der Waals surface area contributed by atoms with Crippen molar-refractivity contribution in [1.82, 2.24) is 15.3 Å². The Hall–Kier alpha value is -1.81. The van der Waals surface area contributed by atoms with Gasteiger partial charge < -0.3 is 31.7 Å². The lowest BCUT2D eigenvalue weighted by atomic mass is 10.1. The molecule has 0 radical (unpaired) electrons. The van der Waals surface area contributed by atoms with Crippen LogP contribution in [-0.4, -0.2) is 50.4 Å². The van der Waals surface area contributed by atoms with Gasteiger partial charge >= 0.3 is 0 Å². The number of hydrogen-bond acceptors (Lipinski definition) is 7. The molecule has 1 aromatic rings. The first-order valence-electron chi connectivity index (χ1n) is 6.72. The third-order valence-electron chi connectivity index (χ3n) is 2.98. The minimum Gasteiger partial charge on any atom is -0.390 e. The third-order valence-corrected chi connectivity index (χ3v) is 2.98. The Labute approximate surface area is 122 Å². The van der Waals surface area contributed by atoms with Crippen molar-refractivity contribution in [1.29, 1.82) is 0 Å². The van der Waals surface area contributed by atoms with E-state index in [-0.39, 0.29) is 11.4 Å². The van der Waals surface area contributed by atoms with Crippen LogP contribution in [0.4, 0.5) is 5.82 Å². The second-order valence-corrected chi connectivity index (χ2v) is 4.76. The summed E-state index contributed by atoms with van der Waals surface area (Å²) in [6.07, 6.45) is -1.15. The average Bonchev–Trinajstić information content (AvgIpc) is 2.46. The maximum absolute atomic E-state index is 10.0. The van der Waals surface area contributed by atoms with Crippen molar-refractivity contribution in [3.8, 4) is 0 Å². The molecule has 0 saturated heterocycles. The van der Waals surface area contributed by atoms with Crippen molar-refractivity contribution < 1.29 is 15.3 Å². The van der Waals surface area contributed by atoms with Crippen molar-refractivity contribution in [2.45, 2.75) is 31.8 Å². The normalized spacial score (nSPS) is 22.1. The zero-order valence-electron chi connectivity index (χ0n) is 11.7. The van der Waals surface area contributed by atoms with Crippen molar-refractivity contribution in [3.63, 3.8) is 0 Å². The van der Waals surface area contributed by atoms with Crippen LogP contribution in [-0.2, 0) is 0 Å². The summed E-state index contributed by atoms with van der Waals surface area (Å²) in [6, 6.07) is 0. The van der Waals surface area contributed by atoms with E-state index in [0.29, 0.717) is 24.9 Å². The highest BCUT2D eigenvalue weighted by Gasteiger charge is 2.26. The number of aliphatic imine (C=N–C) groups is 1. The monoisotopic (exact) mass is 296 g/mol. The zero-order valence-corrected chi connectivity index (χ0v) is 11.7. The van der Waals surface area contributed by atoms with Crippen LogP contribution in [0.1, 0.15) is 37.1 Å². The molecule has 116 valence electrons. The minimum atomic E-state index is -1.16. The fourth-order valence-electron chi connectivity index (χ4n) is 1.81. The Balaban J connectivity index is 2.19. The molecule has 9 heteroatoms. The number of aliphatic hydroxyl groups excluding tert-OH is 3. The number of fused-ring (bicyclic) bond motifs is 1. The molecule has 0 aromatic carbocycles. The first kappa shape index (κ1) is 15.6. The Morgan fingerprint density at radius 1 is 1.48 bits per heavy atom. The molecule has 0 bridgehead atoms. The van der Waals surface area contributed by atoms with E-state index in [2.05, 4.69) is 25.6 Å². The molecule has 1 aliphatic rings. The maximum Gasteiger partial charge on any atom is 0.199 e. The lowest BCUT2D eigenvalue weighted by Gasteiger charge is -2.25. The molecule has 0 spiro atoms. The Kier molecular flexibility index (Phi) is 5.02. The molecule has 0 saturated carbocycles. The smallest absolute Gasteiger partial charge is 0.199 e. The second-order valence-electron chi connectivity index (χ2n) is 4.76. The van der Waals surface area contributed by atoms with E-state index in [1.54, 1.807) is 0 Å². The van der Waals surface area contributed by atoms with Gasteiger partial charge in [0.1, 0.15) is 11.8 Å². The molecule has 7 N–H and O–H groups in total. The summed E-state index contributed by atoms with van der Waals surface area (Å²) < 4.78 is 0. The highest BCUT2D eigenvalue weighted by molar-refractivity contribution is 5.95. The summed E-state index contributed by atoms with van der Waals surface area (Å²) in [5.74, 6) is 0.746.